The van der Waals surface area contributed by atoms with Crippen LogP contribution in [0.15, 0.2) is 73.1 Å². The molecule has 0 bridgehead atoms. The second kappa shape index (κ2) is 8.16. The van der Waals surface area contributed by atoms with Gasteiger partial charge in [0.2, 0.25) is 5.91 Å². The number of hydrogen-bond donors (Lipinski definition) is 2. The molecule has 0 saturated heterocycles. The number of nitrogen functional groups attached to an aromatic ring is 1. The summed E-state index contributed by atoms with van der Waals surface area (Å²) < 4.78 is 15.0. The number of benzene rings is 2. The quantitative estimate of drug-likeness (QED) is 0.494. The largest absolute Gasteiger partial charge is 0.399 e. The zero-order valence-electron chi connectivity index (χ0n) is 16.3. The van der Waals surface area contributed by atoms with E-state index in [1.807, 2.05) is 24.3 Å². The van der Waals surface area contributed by atoms with Crippen molar-refractivity contribution in [3.05, 3.63) is 84.4 Å². The van der Waals surface area contributed by atoms with Crippen LogP contribution in [0.2, 0.25) is 0 Å². The number of nitrogens with two attached hydrogens (primary N) is 1. The first-order valence-corrected chi connectivity index (χ1v) is 9.39. The van der Waals surface area contributed by atoms with Crippen molar-refractivity contribution >= 4 is 17.4 Å². The van der Waals surface area contributed by atoms with Crippen LogP contribution in [0, 0.1) is 5.82 Å². The predicted molar refractivity (Wildman–Crippen MR) is 115 cm³/mol. The van der Waals surface area contributed by atoms with Crippen LogP contribution in [0.5, 0.6) is 0 Å². The molecule has 30 heavy (non-hydrogen) atoms. The highest BCUT2D eigenvalue weighted by Gasteiger charge is 2.21. The van der Waals surface area contributed by atoms with Gasteiger partial charge in [0.1, 0.15) is 17.3 Å². The summed E-state index contributed by atoms with van der Waals surface area (Å²) in [6.07, 6.45) is 3.53. The molecule has 1 amide bonds. The van der Waals surface area contributed by atoms with Gasteiger partial charge >= 0.3 is 0 Å². The average molecular weight is 401 g/mol. The summed E-state index contributed by atoms with van der Waals surface area (Å²) in [7, 11) is 1.76. The second-order valence-electron chi connectivity index (χ2n) is 6.91. The van der Waals surface area contributed by atoms with Crippen molar-refractivity contribution in [3.8, 4) is 22.4 Å². The Kier molecular flexibility index (Phi) is 5.26. The molecular weight excluding hydrogens is 381 g/mol. The highest BCUT2D eigenvalue weighted by molar-refractivity contribution is 5.99. The maximum Gasteiger partial charge on any atom is 0.229 e. The van der Waals surface area contributed by atoms with Gasteiger partial charge in [-0.05, 0) is 59.7 Å². The molecule has 2 heterocycles. The van der Waals surface area contributed by atoms with E-state index in [4.69, 9.17) is 5.73 Å². The Balaban J connectivity index is 1.73. The number of halogens is 1. The molecule has 0 aliphatic rings. The first-order chi connectivity index (χ1) is 14.5. The molecule has 0 unspecified atom stereocenters. The molecule has 0 aliphatic carbocycles. The van der Waals surface area contributed by atoms with Crippen LogP contribution in [0.3, 0.4) is 0 Å². The summed E-state index contributed by atoms with van der Waals surface area (Å²) in [5.74, 6) is 0.0368. The number of aromatic nitrogens is 3. The fourth-order valence-electron chi connectivity index (χ4n) is 3.33. The number of nitrogens with zero attached hydrogens (tertiary/aromatic N) is 3. The Bertz CT molecular complexity index is 1190. The van der Waals surface area contributed by atoms with Crippen LogP contribution in [0.4, 0.5) is 15.9 Å². The van der Waals surface area contributed by atoms with Crippen LogP contribution in [-0.2, 0) is 18.3 Å². The lowest BCUT2D eigenvalue weighted by atomic mass is 10.0. The minimum atomic E-state index is -0.323. The molecule has 0 saturated carbocycles. The summed E-state index contributed by atoms with van der Waals surface area (Å²) >= 11 is 0. The normalized spacial score (nSPS) is 10.7. The summed E-state index contributed by atoms with van der Waals surface area (Å²) in [5, 5.41) is 7.57. The summed E-state index contributed by atoms with van der Waals surface area (Å²) in [4.78, 5) is 16.8. The highest BCUT2D eigenvalue weighted by atomic mass is 19.1. The number of amides is 1. The average Bonchev–Trinajstić information content (AvgIpc) is 3.05. The first-order valence-electron chi connectivity index (χ1n) is 9.39. The molecule has 6 nitrogen and oxygen atoms in total. The number of aryl methyl sites for hydroxylation is 1. The molecule has 4 aromatic rings. The van der Waals surface area contributed by atoms with Crippen LogP contribution >= 0.6 is 0 Å². The minimum Gasteiger partial charge on any atom is -0.399 e. The van der Waals surface area contributed by atoms with E-state index in [0.29, 0.717) is 17.2 Å². The second-order valence-corrected chi connectivity index (χ2v) is 6.91. The number of pyridine rings is 1. The molecule has 7 heteroatoms. The summed E-state index contributed by atoms with van der Waals surface area (Å²) in [5.41, 5.74) is 10.2. The third kappa shape index (κ3) is 4.05. The van der Waals surface area contributed by atoms with Crippen molar-refractivity contribution in [2.24, 2.45) is 7.05 Å². The standard InChI is InChI=1S/C23H20FN5O/c1-29-23(27-20(30)14-15-3-2-4-19(25)13-15)21(16-9-11-26-12-10-16)22(28-29)17-5-7-18(24)8-6-17/h2-13H,14,25H2,1H3,(H,27,30). The van der Waals surface area contributed by atoms with E-state index >= 15 is 0 Å². The number of carbonyl (C=O) groups excluding carboxylic acids is 1. The molecule has 4 rings (SSSR count). The number of rotatable bonds is 5. The molecule has 2 aromatic carbocycles. The maximum absolute atomic E-state index is 13.4. The lowest BCUT2D eigenvalue weighted by Crippen LogP contribution is -2.17. The van der Waals surface area contributed by atoms with Gasteiger partial charge in [-0.15, -0.1) is 0 Å². The number of carbonyl (C=O) groups is 1. The Morgan fingerprint density at radius 1 is 1.07 bits per heavy atom. The van der Waals surface area contributed by atoms with Crippen molar-refractivity contribution in [1.29, 1.82) is 0 Å². The lowest BCUT2D eigenvalue weighted by molar-refractivity contribution is -0.115. The van der Waals surface area contributed by atoms with Crippen molar-refractivity contribution < 1.29 is 9.18 Å². The summed E-state index contributed by atoms with van der Waals surface area (Å²) in [6.45, 7) is 0. The smallest absolute Gasteiger partial charge is 0.229 e. The minimum absolute atomic E-state index is 0.178. The molecule has 150 valence electrons. The van der Waals surface area contributed by atoms with Crippen molar-refractivity contribution in [2.45, 2.75) is 6.42 Å². The van der Waals surface area contributed by atoms with Gasteiger partial charge in [-0.2, -0.15) is 5.10 Å². The van der Waals surface area contributed by atoms with E-state index in [-0.39, 0.29) is 18.1 Å². The van der Waals surface area contributed by atoms with Crippen LogP contribution in [0.1, 0.15) is 5.56 Å². The van der Waals surface area contributed by atoms with Crippen molar-refractivity contribution in [1.82, 2.24) is 14.8 Å². The van der Waals surface area contributed by atoms with Gasteiger partial charge < -0.3 is 11.1 Å². The van der Waals surface area contributed by atoms with Crippen LogP contribution in [-0.4, -0.2) is 20.7 Å². The van der Waals surface area contributed by atoms with E-state index < -0.39 is 0 Å². The Morgan fingerprint density at radius 2 is 1.80 bits per heavy atom. The maximum atomic E-state index is 13.4. The van der Waals surface area contributed by atoms with Crippen molar-refractivity contribution in [3.63, 3.8) is 0 Å². The number of nitrogens with one attached hydrogen (secondary N) is 1. The lowest BCUT2D eigenvalue weighted by Gasteiger charge is -2.10. The SMILES string of the molecule is Cn1nc(-c2ccc(F)cc2)c(-c2ccncc2)c1NC(=O)Cc1cccc(N)c1. The third-order valence-electron chi connectivity index (χ3n) is 4.71. The molecular formula is C23H20FN5O. The Morgan fingerprint density at radius 3 is 2.50 bits per heavy atom. The number of anilines is 2. The third-order valence-corrected chi connectivity index (χ3v) is 4.71. The Labute approximate surface area is 173 Å². The molecule has 3 N–H and O–H groups in total. The van der Waals surface area contributed by atoms with E-state index in [0.717, 1.165) is 22.3 Å². The van der Waals surface area contributed by atoms with E-state index in [1.165, 1.54) is 12.1 Å². The van der Waals surface area contributed by atoms with Gasteiger partial charge in [0.25, 0.3) is 0 Å². The molecule has 0 fully saturated rings. The summed E-state index contributed by atoms with van der Waals surface area (Å²) in [6, 6.07) is 17.0. The van der Waals surface area contributed by atoms with Crippen molar-refractivity contribution in [2.75, 3.05) is 11.1 Å². The molecule has 0 spiro atoms. The molecule has 0 radical (unpaired) electrons. The fourth-order valence-corrected chi connectivity index (χ4v) is 3.33. The molecule has 0 aliphatic heterocycles. The van der Waals surface area contributed by atoms with E-state index in [9.17, 15) is 9.18 Å². The van der Waals surface area contributed by atoms with Gasteiger partial charge in [-0.3, -0.25) is 14.5 Å². The number of hydrogen-bond acceptors (Lipinski definition) is 4. The van der Waals surface area contributed by atoms with Gasteiger partial charge in [-0.25, -0.2) is 4.39 Å². The van der Waals surface area contributed by atoms with Gasteiger partial charge in [0, 0.05) is 30.7 Å². The van der Waals surface area contributed by atoms with E-state index in [1.54, 1.807) is 48.4 Å². The van der Waals surface area contributed by atoms with Crippen LogP contribution in [0.25, 0.3) is 22.4 Å². The topological polar surface area (TPSA) is 85.8 Å². The van der Waals surface area contributed by atoms with Gasteiger partial charge in [-0.1, -0.05) is 12.1 Å². The zero-order chi connectivity index (χ0) is 21.1. The molecule has 2 aromatic heterocycles. The first kappa shape index (κ1) is 19.3. The van der Waals surface area contributed by atoms with Gasteiger partial charge in [0.05, 0.1) is 12.0 Å². The monoisotopic (exact) mass is 401 g/mol. The zero-order valence-corrected chi connectivity index (χ0v) is 16.3. The highest BCUT2D eigenvalue weighted by Crippen LogP contribution is 2.37. The van der Waals surface area contributed by atoms with Crippen LogP contribution < -0.4 is 11.1 Å². The Hall–Kier alpha value is -4.00. The fraction of sp³-hybridized carbons (Fsp3) is 0.0870. The van der Waals surface area contributed by atoms with Gasteiger partial charge in [0.15, 0.2) is 0 Å². The van der Waals surface area contributed by atoms with E-state index in [2.05, 4.69) is 15.4 Å². The predicted octanol–water partition coefficient (Wildman–Crippen LogP) is 4.05. The molecule has 0 atom stereocenters.